The molecule has 0 saturated carbocycles. The van der Waals surface area contributed by atoms with E-state index >= 15 is 0 Å². The van der Waals surface area contributed by atoms with E-state index in [0.717, 1.165) is 0 Å². The zero-order chi connectivity index (χ0) is 21.9. The molecule has 3 aromatic carbocycles. The first kappa shape index (κ1) is 22.4. The highest BCUT2D eigenvalue weighted by molar-refractivity contribution is 7.92. The van der Waals surface area contributed by atoms with Gasteiger partial charge in [-0.05, 0) is 66.6 Å². The van der Waals surface area contributed by atoms with Gasteiger partial charge in [0.1, 0.15) is 0 Å². The molecule has 2 N–H and O–H groups in total. The molecule has 0 aliphatic carbocycles. The fraction of sp³-hybridized carbons (Fsp3) is 0.100. The highest BCUT2D eigenvalue weighted by atomic mass is 35.5. The van der Waals surface area contributed by atoms with Crippen molar-refractivity contribution in [3.63, 3.8) is 0 Å². The van der Waals surface area contributed by atoms with Crippen LogP contribution in [-0.4, -0.2) is 16.8 Å². The van der Waals surface area contributed by atoms with Crippen LogP contribution in [0.3, 0.4) is 0 Å². The first-order chi connectivity index (χ1) is 14.1. The molecule has 0 aliphatic heterocycles. The highest BCUT2D eigenvalue weighted by Gasteiger charge is 2.17. The molecular formula is C20H18Cl2N2O4S2. The van der Waals surface area contributed by atoms with Gasteiger partial charge in [-0.3, -0.25) is 9.44 Å². The summed E-state index contributed by atoms with van der Waals surface area (Å²) in [6, 6.07) is 16.8. The highest BCUT2D eigenvalue weighted by Crippen LogP contribution is 2.26. The Morgan fingerprint density at radius 2 is 1.43 bits per heavy atom. The third kappa shape index (κ3) is 5.66. The second kappa shape index (κ2) is 8.85. The second-order valence-electron chi connectivity index (χ2n) is 6.53. The molecule has 0 spiro atoms. The minimum absolute atomic E-state index is 0.0116. The molecule has 0 fully saturated rings. The average Bonchev–Trinajstić information content (AvgIpc) is 2.67. The van der Waals surface area contributed by atoms with Crippen molar-refractivity contribution in [2.24, 2.45) is 0 Å². The molecule has 6 nitrogen and oxygen atoms in total. The second-order valence-corrected chi connectivity index (χ2v) is 10.8. The van der Waals surface area contributed by atoms with Gasteiger partial charge in [0.2, 0.25) is 10.0 Å². The Balaban J connectivity index is 1.73. The predicted octanol–water partition coefficient (Wildman–Crippen LogP) is 5.04. The number of sulfonamides is 2. The van der Waals surface area contributed by atoms with E-state index in [2.05, 4.69) is 9.44 Å². The molecular weight excluding hydrogens is 467 g/mol. The van der Waals surface area contributed by atoms with Gasteiger partial charge in [0, 0.05) is 15.7 Å². The van der Waals surface area contributed by atoms with Crippen molar-refractivity contribution in [2.45, 2.75) is 17.6 Å². The van der Waals surface area contributed by atoms with Gasteiger partial charge in [-0.2, -0.15) is 0 Å². The molecule has 30 heavy (non-hydrogen) atoms. The number of anilines is 2. The molecule has 0 aromatic heterocycles. The fourth-order valence-corrected chi connectivity index (χ4v) is 5.26. The van der Waals surface area contributed by atoms with Crippen molar-refractivity contribution >= 4 is 54.6 Å². The van der Waals surface area contributed by atoms with Crippen LogP contribution in [0.25, 0.3) is 0 Å². The molecule has 0 heterocycles. The van der Waals surface area contributed by atoms with Gasteiger partial charge in [0.15, 0.2) is 0 Å². The molecule has 0 aliphatic rings. The topological polar surface area (TPSA) is 92.3 Å². The van der Waals surface area contributed by atoms with E-state index in [0.29, 0.717) is 26.9 Å². The zero-order valence-corrected chi connectivity index (χ0v) is 18.9. The Morgan fingerprint density at radius 3 is 2.07 bits per heavy atom. The van der Waals surface area contributed by atoms with Gasteiger partial charge >= 0.3 is 0 Å². The molecule has 0 amide bonds. The summed E-state index contributed by atoms with van der Waals surface area (Å²) in [5.41, 5.74) is 1.80. The molecule has 158 valence electrons. The Bertz CT molecular complexity index is 1260. The normalized spacial score (nSPS) is 11.8. The summed E-state index contributed by atoms with van der Waals surface area (Å²) >= 11 is 11.8. The lowest BCUT2D eigenvalue weighted by Crippen LogP contribution is -2.16. The van der Waals surface area contributed by atoms with Crippen LogP contribution in [0.15, 0.2) is 71.6 Å². The van der Waals surface area contributed by atoms with Crippen molar-refractivity contribution in [1.29, 1.82) is 0 Å². The van der Waals surface area contributed by atoms with E-state index in [9.17, 15) is 16.8 Å². The standard InChI is InChI=1S/C20H18Cl2N2O4S2/c1-14-19(22)3-2-4-20(14)24-30(27,28)18-11-9-17(10-12-18)23-29(25,26)13-15-5-7-16(21)8-6-15/h2-12,23-24H,13H2,1H3. The van der Waals surface area contributed by atoms with E-state index in [1.165, 1.54) is 24.3 Å². The molecule has 0 saturated heterocycles. The number of hydrogen-bond donors (Lipinski definition) is 2. The van der Waals surface area contributed by atoms with E-state index in [-0.39, 0.29) is 16.3 Å². The van der Waals surface area contributed by atoms with Crippen molar-refractivity contribution in [2.75, 3.05) is 9.44 Å². The van der Waals surface area contributed by atoms with Crippen LogP contribution >= 0.6 is 23.2 Å². The number of benzene rings is 3. The van der Waals surface area contributed by atoms with Gasteiger partial charge < -0.3 is 0 Å². The third-order valence-electron chi connectivity index (χ3n) is 4.22. The number of hydrogen-bond acceptors (Lipinski definition) is 4. The van der Waals surface area contributed by atoms with Crippen molar-refractivity contribution in [3.05, 3.63) is 87.9 Å². The van der Waals surface area contributed by atoms with Crippen molar-refractivity contribution in [3.8, 4) is 0 Å². The maximum Gasteiger partial charge on any atom is 0.261 e. The van der Waals surface area contributed by atoms with E-state index in [1.807, 2.05) is 0 Å². The molecule has 0 unspecified atom stereocenters. The van der Waals surface area contributed by atoms with Crippen LogP contribution < -0.4 is 9.44 Å². The quantitative estimate of drug-likeness (QED) is 0.490. The molecule has 0 bridgehead atoms. The largest absolute Gasteiger partial charge is 0.283 e. The van der Waals surface area contributed by atoms with Crippen LogP contribution in [0.4, 0.5) is 11.4 Å². The van der Waals surface area contributed by atoms with Crippen molar-refractivity contribution < 1.29 is 16.8 Å². The number of halogens is 2. The number of nitrogens with one attached hydrogen (secondary N) is 2. The van der Waals surface area contributed by atoms with Gasteiger partial charge in [-0.15, -0.1) is 0 Å². The fourth-order valence-electron chi connectivity index (χ4n) is 2.64. The Hall–Kier alpha value is -2.26. The molecule has 0 atom stereocenters. The predicted molar refractivity (Wildman–Crippen MR) is 121 cm³/mol. The maximum absolute atomic E-state index is 12.6. The number of rotatable bonds is 7. The van der Waals surface area contributed by atoms with Crippen LogP contribution in [0.5, 0.6) is 0 Å². The van der Waals surface area contributed by atoms with E-state index < -0.39 is 20.0 Å². The Labute approximate surface area is 186 Å². The summed E-state index contributed by atoms with van der Waals surface area (Å²) < 4.78 is 54.9. The van der Waals surface area contributed by atoms with Gasteiger partial charge in [0.25, 0.3) is 10.0 Å². The molecule has 0 radical (unpaired) electrons. The molecule has 3 aromatic rings. The lowest BCUT2D eigenvalue weighted by molar-refractivity contribution is 0.599. The maximum atomic E-state index is 12.6. The van der Waals surface area contributed by atoms with Gasteiger partial charge in [0.05, 0.1) is 16.3 Å². The van der Waals surface area contributed by atoms with Crippen LogP contribution in [0, 0.1) is 6.92 Å². The summed E-state index contributed by atoms with van der Waals surface area (Å²) in [5.74, 6) is -0.236. The summed E-state index contributed by atoms with van der Waals surface area (Å²) in [6.07, 6.45) is 0. The van der Waals surface area contributed by atoms with Crippen LogP contribution in [-0.2, 0) is 25.8 Å². The first-order valence-corrected chi connectivity index (χ1v) is 12.6. The Morgan fingerprint density at radius 1 is 0.800 bits per heavy atom. The van der Waals surface area contributed by atoms with Gasteiger partial charge in [-0.25, -0.2) is 16.8 Å². The van der Waals surface area contributed by atoms with E-state index in [4.69, 9.17) is 23.2 Å². The van der Waals surface area contributed by atoms with Crippen LogP contribution in [0.2, 0.25) is 10.0 Å². The lowest BCUT2D eigenvalue weighted by atomic mass is 10.2. The monoisotopic (exact) mass is 484 g/mol. The summed E-state index contributed by atoms with van der Waals surface area (Å²) in [4.78, 5) is -0.0116. The SMILES string of the molecule is Cc1c(Cl)cccc1NS(=O)(=O)c1ccc(NS(=O)(=O)Cc2ccc(Cl)cc2)cc1. The smallest absolute Gasteiger partial charge is 0.261 e. The Kier molecular flexibility index (Phi) is 6.62. The lowest BCUT2D eigenvalue weighted by Gasteiger charge is -2.12. The summed E-state index contributed by atoms with van der Waals surface area (Å²) in [7, 11) is -7.54. The van der Waals surface area contributed by atoms with Crippen LogP contribution in [0.1, 0.15) is 11.1 Å². The summed E-state index contributed by atoms with van der Waals surface area (Å²) in [6.45, 7) is 1.71. The summed E-state index contributed by atoms with van der Waals surface area (Å²) in [5, 5.41) is 0.961. The minimum atomic E-state index is -3.86. The van der Waals surface area contributed by atoms with E-state index in [1.54, 1.807) is 49.4 Å². The average molecular weight is 485 g/mol. The zero-order valence-electron chi connectivity index (χ0n) is 15.8. The molecule has 10 heteroatoms. The molecule has 3 rings (SSSR count). The first-order valence-electron chi connectivity index (χ1n) is 8.69. The van der Waals surface area contributed by atoms with Crippen molar-refractivity contribution in [1.82, 2.24) is 0 Å². The minimum Gasteiger partial charge on any atom is -0.283 e. The third-order valence-corrected chi connectivity index (χ3v) is 7.52. The van der Waals surface area contributed by atoms with Gasteiger partial charge in [-0.1, -0.05) is 41.4 Å².